The van der Waals surface area contributed by atoms with E-state index in [4.69, 9.17) is 0 Å². The molecule has 0 heteroatoms. The molecule has 6 rings (SSSR count). The summed E-state index contributed by atoms with van der Waals surface area (Å²) in [6, 6.07) is 44.0. The number of hydrogen-bond acceptors (Lipinski definition) is 0. The molecule has 0 unspecified atom stereocenters. The highest BCUT2D eigenvalue weighted by atomic mass is 14.1. The molecule has 30 heavy (non-hydrogen) atoms. The average Bonchev–Trinajstić information content (AvgIpc) is 2.82. The van der Waals surface area contributed by atoms with E-state index < -0.39 is 0 Å². The maximum Gasteiger partial charge on any atom is -0.0172 e. The summed E-state index contributed by atoms with van der Waals surface area (Å²) >= 11 is 0. The van der Waals surface area contributed by atoms with Crippen LogP contribution in [0.2, 0.25) is 0 Å². The second-order valence-corrected chi connectivity index (χ2v) is 7.90. The van der Waals surface area contributed by atoms with Crippen LogP contribution in [-0.4, -0.2) is 0 Å². The van der Waals surface area contributed by atoms with Gasteiger partial charge in [-0.2, -0.15) is 0 Å². The van der Waals surface area contributed by atoms with Crippen molar-refractivity contribution in [2.24, 2.45) is 0 Å². The zero-order chi connectivity index (χ0) is 19.9. The van der Waals surface area contributed by atoms with Gasteiger partial charge in [-0.1, -0.05) is 97.1 Å². The third-order valence-electron chi connectivity index (χ3n) is 6.01. The molecule has 0 fully saturated rings. The molecule has 0 radical (unpaired) electrons. The van der Waals surface area contributed by atoms with E-state index in [9.17, 15) is 0 Å². The van der Waals surface area contributed by atoms with Gasteiger partial charge in [0.05, 0.1) is 0 Å². The van der Waals surface area contributed by atoms with Gasteiger partial charge in [0, 0.05) is 0 Å². The largest absolute Gasteiger partial charge is 0.0616 e. The van der Waals surface area contributed by atoms with E-state index in [1.165, 1.54) is 54.6 Å². The van der Waals surface area contributed by atoms with Crippen LogP contribution in [0.3, 0.4) is 0 Å². The van der Waals surface area contributed by atoms with Gasteiger partial charge in [0.15, 0.2) is 0 Å². The highest BCUT2D eigenvalue weighted by Gasteiger charge is 2.05. The Balaban J connectivity index is 1.46. The Morgan fingerprint density at radius 2 is 0.533 bits per heavy atom. The van der Waals surface area contributed by atoms with Crippen molar-refractivity contribution in [3.05, 3.63) is 121 Å². The van der Waals surface area contributed by atoms with Crippen LogP contribution in [0.1, 0.15) is 0 Å². The van der Waals surface area contributed by atoms with Gasteiger partial charge in [0.2, 0.25) is 0 Å². The summed E-state index contributed by atoms with van der Waals surface area (Å²) in [6.07, 6.45) is 0. The van der Waals surface area contributed by atoms with E-state index in [2.05, 4.69) is 121 Å². The van der Waals surface area contributed by atoms with Gasteiger partial charge in [-0.05, 0) is 78.8 Å². The zero-order valence-corrected chi connectivity index (χ0v) is 16.5. The maximum atomic E-state index is 2.31. The highest BCUT2D eigenvalue weighted by molar-refractivity contribution is 5.94. The van der Waals surface area contributed by atoms with Crippen molar-refractivity contribution in [3.8, 4) is 22.3 Å². The molecular weight excluding hydrogens is 360 g/mol. The Bertz CT molecular complexity index is 1420. The first-order valence-electron chi connectivity index (χ1n) is 10.4. The third kappa shape index (κ3) is 2.94. The van der Waals surface area contributed by atoms with Crippen LogP contribution >= 0.6 is 0 Å². The smallest absolute Gasteiger partial charge is 0.0172 e. The Hall–Kier alpha value is -3.90. The summed E-state index contributed by atoms with van der Waals surface area (Å²) in [5.41, 5.74) is 5.02. The second kappa shape index (κ2) is 6.86. The van der Waals surface area contributed by atoms with Gasteiger partial charge in [-0.15, -0.1) is 0 Å². The molecule has 0 saturated carbocycles. The zero-order valence-electron chi connectivity index (χ0n) is 16.5. The number of benzene rings is 6. The summed E-state index contributed by atoms with van der Waals surface area (Å²) < 4.78 is 0. The van der Waals surface area contributed by atoms with E-state index in [-0.39, 0.29) is 0 Å². The van der Waals surface area contributed by atoms with Crippen LogP contribution in [0, 0.1) is 0 Å². The molecule has 0 atom stereocenters. The van der Waals surface area contributed by atoms with Crippen LogP contribution in [0.25, 0.3) is 54.6 Å². The van der Waals surface area contributed by atoms with Gasteiger partial charge < -0.3 is 0 Å². The molecule has 0 nitrogen and oxygen atoms in total. The molecule has 0 aliphatic rings. The molecule has 6 aromatic carbocycles. The van der Waals surface area contributed by atoms with Crippen molar-refractivity contribution in [3.63, 3.8) is 0 Å². The minimum atomic E-state index is 1.25. The Labute approximate surface area is 176 Å². The van der Waals surface area contributed by atoms with Crippen molar-refractivity contribution in [2.75, 3.05) is 0 Å². The molecule has 0 saturated heterocycles. The highest BCUT2D eigenvalue weighted by Crippen LogP contribution is 2.31. The van der Waals surface area contributed by atoms with E-state index in [1.807, 2.05) is 0 Å². The number of rotatable bonds is 2. The van der Waals surface area contributed by atoms with Gasteiger partial charge in [-0.3, -0.25) is 0 Å². The lowest BCUT2D eigenvalue weighted by molar-refractivity contribution is 1.65. The lowest BCUT2D eigenvalue weighted by atomic mass is 9.95. The first kappa shape index (κ1) is 17.0. The fourth-order valence-corrected chi connectivity index (χ4v) is 4.34. The number of fused-ring (bicyclic) bond motifs is 3. The predicted molar refractivity (Wildman–Crippen MR) is 130 cm³/mol. The van der Waals surface area contributed by atoms with Gasteiger partial charge >= 0.3 is 0 Å². The molecule has 0 bridgehead atoms. The second-order valence-electron chi connectivity index (χ2n) is 7.90. The Morgan fingerprint density at radius 3 is 0.933 bits per heavy atom. The van der Waals surface area contributed by atoms with Gasteiger partial charge in [0.1, 0.15) is 0 Å². The van der Waals surface area contributed by atoms with Crippen LogP contribution in [-0.2, 0) is 0 Å². The van der Waals surface area contributed by atoms with E-state index >= 15 is 0 Å². The first-order chi connectivity index (χ1) is 14.8. The summed E-state index contributed by atoms with van der Waals surface area (Å²) in [5.74, 6) is 0. The van der Waals surface area contributed by atoms with E-state index in [0.29, 0.717) is 0 Å². The molecular formula is C30H20. The topological polar surface area (TPSA) is 0 Å². The molecule has 0 amide bonds. The fourth-order valence-electron chi connectivity index (χ4n) is 4.34. The van der Waals surface area contributed by atoms with Gasteiger partial charge in [0.25, 0.3) is 0 Å². The minimum Gasteiger partial charge on any atom is -0.0616 e. The summed E-state index contributed by atoms with van der Waals surface area (Å²) in [4.78, 5) is 0. The van der Waals surface area contributed by atoms with Crippen molar-refractivity contribution in [2.45, 2.75) is 0 Å². The normalized spacial score (nSPS) is 11.3. The van der Waals surface area contributed by atoms with Crippen molar-refractivity contribution < 1.29 is 0 Å². The Morgan fingerprint density at radius 1 is 0.233 bits per heavy atom. The van der Waals surface area contributed by atoms with Crippen molar-refractivity contribution in [1.82, 2.24) is 0 Å². The SMILES string of the molecule is c1ccc2cc(-c3ccc4ccc(-c5ccc6ccccc6c5)cc4c3)ccc2c1. The maximum absolute atomic E-state index is 2.31. The van der Waals surface area contributed by atoms with E-state index in [1.54, 1.807) is 0 Å². The molecule has 0 aromatic heterocycles. The molecule has 0 aliphatic heterocycles. The lowest BCUT2D eigenvalue weighted by Crippen LogP contribution is -1.83. The van der Waals surface area contributed by atoms with Crippen LogP contribution in [0.5, 0.6) is 0 Å². The minimum absolute atomic E-state index is 1.25. The van der Waals surface area contributed by atoms with Gasteiger partial charge in [-0.25, -0.2) is 0 Å². The average molecular weight is 380 g/mol. The third-order valence-corrected chi connectivity index (χ3v) is 6.01. The monoisotopic (exact) mass is 380 g/mol. The Kier molecular flexibility index (Phi) is 3.89. The van der Waals surface area contributed by atoms with Crippen LogP contribution < -0.4 is 0 Å². The first-order valence-corrected chi connectivity index (χ1v) is 10.4. The van der Waals surface area contributed by atoms with Crippen LogP contribution in [0.4, 0.5) is 0 Å². The molecule has 140 valence electrons. The molecule has 0 N–H and O–H groups in total. The summed E-state index contributed by atoms with van der Waals surface area (Å²) in [6.45, 7) is 0. The molecule has 0 heterocycles. The molecule has 0 aliphatic carbocycles. The quantitative estimate of drug-likeness (QED) is 0.282. The van der Waals surface area contributed by atoms with E-state index in [0.717, 1.165) is 0 Å². The molecule has 6 aromatic rings. The lowest BCUT2D eigenvalue weighted by Gasteiger charge is -2.09. The van der Waals surface area contributed by atoms with Crippen molar-refractivity contribution >= 4 is 32.3 Å². The molecule has 0 spiro atoms. The summed E-state index contributed by atoms with van der Waals surface area (Å²) in [5, 5.41) is 7.65. The summed E-state index contributed by atoms with van der Waals surface area (Å²) in [7, 11) is 0. The number of hydrogen-bond donors (Lipinski definition) is 0. The standard InChI is InChI=1S/C30H20/c1-3-7-24-17-26(13-9-21(24)5-1)28-15-11-23-12-16-29(20-30(23)19-28)27-14-10-22-6-2-4-8-25(22)18-27/h1-20H. The van der Waals surface area contributed by atoms with Crippen molar-refractivity contribution in [1.29, 1.82) is 0 Å². The fraction of sp³-hybridized carbons (Fsp3) is 0. The predicted octanol–water partition coefficient (Wildman–Crippen LogP) is 8.48. The van der Waals surface area contributed by atoms with Crippen LogP contribution in [0.15, 0.2) is 121 Å².